The van der Waals surface area contributed by atoms with Crippen molar-refractivity contribution in [1.82, 2.24) is 8.61 Å². The molecule has 7 heteroatoms. The van der Waals surface area contributed by atoms with Gasteiger partial charge in [-0.3, -0.25) is 0 Å². The SMILES string of the molecule is CC1CN(S(=O)(=O)N2CCCC(CCl)C2)CC(C)S1. The van der Waals surface area contributed by atoms with E-state index in [1.165, 1.54) is 0 Å². The van der Waals surface area contributed by atoms with Crippen LogP contribution in [-0.2, 0) is 10.2 Å². The highest BCUT2D eigenvalue weighted by molar-refractivity contribution is 8.00. The zero-order chi connectivity index (χ0) is 14.0. The van der Waals surface area contributed by atoms with Crippen LogP contribution in [0.1, 0.15) is 26.7 Å². The van der Waals surface area contributed by atoms with Crippen LogP contribution in [-0.4, -0.2) is 59.6 Å². The number of halogens is 1. The highest BCUT2D eigenvalue weighted by Gasteiger charge is 2.37. The number of hydrogen-bond donors (Lipinski definition) is 0. The van der Waals surface area contributed by atoms with Gasteiger partial charge in [-0.15, -0.1) is 11.6 Å². The summed E-state index contributed by atoms with van der Waals surface area (Å²) in [6.07, 6.45) is 1.96. The molecule has 2 heterocycles. The fourth-order valence-electron chi connectivity index (χ4n) is 2.84. The quantitative estimate of drug-likeness (QED) is 0.745. The van der Waals surface area contributed by atoms with Crippen LogP contribution in [0.5, 0.6) is 0 Å². The fourth-order valence-corrected chi connectivity index (χ4v) is 6.52. The first-order valence-electron chi connectivity index (χ1n) is 6.90. The Morgan fingerprint density at radius 1 is 1.16 bits per heavy atom. The Morgan fingerprint density at radius 2 is 1.79 bits per heavy atom. The Kier molecular flexibility index (Phi) is 5.45. The van der Waals surface area contributed by atoms with Gasteiger partial charge in [0.25, 0.3) is 10.2 Å². The van der Waals surface area contributed by atoms with Crippen molar-refractivity contribution in [2.45, 2.75) is 37.2 Å². The summed E-state index contributed by atoms with van der Waals surface area (Å²) in [6.45, 7) is 6.67. The number of alkyl halides is 1. The Bertz CT molecular complexity index is 395. The summed E-state index contributed by atoms with van der Waals surface area (Å²) in [7, 11) is -3.30. The van der Waals surface area contributed by atoms with E-state index in [-0.39, 0.29) is 0 Å². The lowest BCUT2D eigenvalue weighted by atomic mass is 10.0. The van der Waals surface area contributed by atoms with Gasteiger partial charge in [-0.25, -0.2) is 0 Å². The first-order valence-corrected chi connectivity index (χ1v) is 9.77. The normalized spacial score (nSPS) is 35.4. The number of thioether (sulfide) groups is 1. The maximum atomic E-state index is 12.7. The molecule has 0 spiro atoms. The number of nitrogens with zero attached hydrogens (tertiary/aromatic N) is 2. The molecule has 4 nitrogen and oxygen atoms in total. The maximum absolute atomic E-state index is 12.7. The predicted octanol–water partition coefficient (Wildman–Crippen LogP) is 2.01. The molecular formula is C12H23ClN2O2S2. The van der Waals surface area contributed by atoms with Crippen LogP contribution >= 0.6 is 23.4 Å². The molecule has 112 valence electrons. The van der Waals surface area contributed by atoms with Gasteiger partial charge in [-0.05, 0) is 18.8 Å². The molecule has 3 atom stereocenters. The molecule has 0 saturated carbocycles. The van der Waals surface area contributed by atoms with Gasteiger partial charge in [0.1, 0.15) is 0 Å². The molecule has 19 heavy (non-hydrogen) atoms. The molecule has 0 radical (unpaired) electrons. The molecule has 0 bridgehead atoms. The average molecular weight is 327 g/mol. The van der Waals surface area contributed by atoms with Crippen LogP contribution < -0.4 is 0 Å². The summed E-state index contributed by atoms with van der Waals surface area (Å²) in [5, 5.41) is 0.735. The third kappa shape index (κ3) is 3.79. The summed E-state index contributed by atoms with van der Waals surface area (Å²) < 4.78 is 28.7. The average Bonchev–Trinajstić information content (AvgIpc) is 2.37. The smallest absolute Gasteiger partial charge is 0.195 e. The van der Waals surface area contributed by atoms with E-state index in [9.17, 15) is 8.42 Å². The van der Waals surface area contributed by atoms with E-state index in [1.54, 1.807) is 8.61 Å². The molecule has 0 N–H and O–H groups in total. The van der Waals surface area contributed by atoms with Crippen LogP contribution in [0, 0.1) is 5.92 Å². The summed E-state index contributed by atoms with van der Waals surface area (Å²) in [4.78, 5) is 0. The third-order valence-corrected chi connectivity index (χ3v) is 7.34. The lowest BCUT2D eigenvalue weighted by molar-refractivity contribution is 0.258. The van der Waals surface area contributed by atoms with Crippen molar-refractivity contribution in [3.05, 3.63) is 0 Å². The molecule has 0 amide bonds. The molecule has 0 aliphatic carbocycles. The number of piperidine rings is 1. The molecule has 0 aromatic carbocycles. The zero-order valence-corrected chi connectivity index (χ0v) is 14.0. The summed E-state index contributed by atoms with van der Waals surface area (Å²) in [6, 6.07) is 0. The number of hydrogen-bond acceptors (Lipinski definition) is 3. The summed E-state index contributed by atoms with van der Waals surface area (Å²) in [5.74, 6) is 0.855. The second kappa shape index (κ2) is 6.52. The monoisotopic (exact) mass is 326 g/mol. The first kappa shape index (κ1) is 15.9. The fraction of sp³-hybridized carbons (Fsp3) is 1.00. The van der Waals surface area contributed by atoms with Crippen LogP contribution in [0.3, 0.4) is 0 Å². The van der Waals surface area contributed by atoms with Crippen molar-refractivity contribution in [2.24, 2.45) is 5.92 Å². The van der Waals surface area contributed by atoms with Crippen molar-refractivity contribution in [2.75, 3.05) is 32.1 Å². The third-order valence-electron chi connectivity index (χ3n) is 3.74. The molecule has 2 fully saturated rings. The van der Waals surface area contributed by atoms with Crippen LogP contribution in [0.4, 0.5) is 0 Å². The molecule has 2 aliphatic rings. The Hall–Kier alpha value is 0.510. The van der Waals surface area contributed by atoms with E-state index in [0.29, 0.717) is 48.5 Å². The van der Waals surface area contributed by atoms with E-state index in [2.05, 4.69) is 13.8 Å². The zero-order valence-electron chi connectivity index (χ0n) is 11.6. The minimum absolute atomic E-state index is 0.305. The van der Waals surface area contributed by atoms with Gasteiger partial charge in [0.15, 0.2) is 0 Å². The van der Waals surface area contributed by atoms with Crippen LogP contribution in [0.25, 0.3) is 0 Å². The topological polar surface area (TPSA) is 40.6 Å². The van der Waals surface area contributed by atoms with E-state index >= 15 is 0 Å². The minimum Gasteiger partial charge on any atom is -0.195 e. The van der Waals surface area contributed by atoms with Crippen molar-refractivity contribution in [1.29, 1.82) is 0 Å². The van der Waals surface area contributed by atoms with E-state index < -0.39 is 10.2 Å². The molecule has 2 rings (SSSR count). The number of rotatable bonds is 3. The van der Waals surface area contributed by atoms with Crippen molar-refractivity contribution in [3.63, 3.8) is 0 Å². The van der Waals surface area contributed by atoms with E-state index in [0.717, 1.165) is 12.8 Å². The van der Waals surface area contributed by atoms with Crippen LogP contribution in [0.2, 0.25) is 0 Å². The summed E-state index contributed by atoms with van der Waals surface area (Å²) in [5.41, 5.74) is 0. The molecule has 0 aromatic rings. The van der Waals surface area contributed by atoms with Gasteiger partial charge in [0, 0.05) is 42.6 Å². The lowest BCUT2D eigenvalue weighted by Crippen LogP contribution is -2.52. The van der Waals surface area contributed by atoms with Gasteiger partial charge in [0.2, 0.25) is 0 Å². The Balaban J connectivity index is 2.08. The Labute approximate surface area is 126 Å². The molecule has 0 aromatic heterocycles. The molecular weight excluding hydrogens is 304 g/mol. The maximum Gasteiger partial charge on any atom is 0.282 e. The van der Waals surface area contributed by atoms with Crippen molar-refractivity contribution in [3.8, 4) is 0 Å². The highest BCUT2D eigenvalue weighted by atomic mass is 35.5. The van der Waals surface area contributed by atoms with E-state index in [4.69, 9.17) is 11.6 Å². The van der Waals surface area contributed by atoms with Gasteiger partial charge in [-0.1, -0.05) is 13.8 Å². The second-order valence-corrected chi connectivity index (χ2v) is 9.72. The van der Waals surface area contributed by atoms with Gasteiger partial charge in [-0.2, -0.15) is 28.8 Å². The first-order chi connectivity index (χ1) is 8.93. The summed E-state index contributed by atoms with van der Waals surface area (Å²) >= 11 is 7.76. The Morgan fingerprint density at radius 3 is 2.37 bits per heavy atom. The van der Waals surface area contributed by atoms with Gasteiger partial charge < -0.3 is 0 Å². The molecule has 3 unspecified atom stereocenters. The van der Waals surface area contributed by atoms with E-state index in [1.807, 2.05) is 11.8 Å². The van der Waals surface area contributed by atoms with Crippen LogP contribution in [0.15, 0.2) is 0 Å². The minimum atomic E-state index is -3.30. The van der Waals surface area contributed by atoms with Crippen molar-refractivity contribution < 1.29 is 8.42 Å². The van der Waals surface area contributed by atoms with Gasteiger partial charge >= 0.3 is 0 Å². The predicted molar refractivity (Wildman–Crippen MR) is 82.0 cm³/mol. The molecule has 2 aliphatic heterocycles. The van der Waals surface area contributed by atoms with Crippen molar-refractivity contribution >= 4 is 33.6 Å². The largest absolute Gasteiger partial charge is 0.282 e. The lowest BCUT2D eigenvalue weighted by Gasteiger charge is -2.39. The molecule has 2 saturated heterocycles. The van der Waals surface area contributed by atoms with Gasteiger partial charge in [0.05, 0.1) is 0 Å². The second-order valence-electron chi connectivity index (χ2n) is 5.60. The highest BCUT2D eigenvalue weighted by Crippen LogP contribution is 2.29. The standard InChI is InChI=1S/C12H23ClN2O2S2/c1-10-7-15(8-11(2)18-10)19(16,17)14-5-3-4-12(6-13)9-14/h10-12H,3-9H2,1-2H3.